The second-order valence-electron chi connectivity index (χ2n) is 8.37. The van der Waals surface area contributed by atoms with Gasteiger partial charge in [-0.25, -0.2) is 4.39 Å². The first-order valence-corrected chi connectivity index (χ1v) is 10.5. The summed E-state index contributed by atoms with van der Waals surface area (Å²) in [7, 11) is 1.60. The van der Waals surface area contributed by atoms with E-state index < -0.39 is 11.6 Å². The first-order chi connectivity index (χ1) is 15.0. The molecular formula is C24H24FN3O3. The lowest BCUT2D eigenvalue weighted by Crippen LogP contribution is -2.58. The fourth-order valence-electron chi connectivity index (χ4n) is 5.23. The number of benzene rings is 2. The van der Waals surface area contributed by atoms with Gasteiger partial charge >= 0.3 is 0 Å². The zero-order chi connectivity index (χ0) is 21.6. The van der Waals surface area contributed by atoms with Gasteiger partial charge in [0.15, 0.2) is 0 Å². The predicted molar refractivity (Wildman–Crippen MR) is 114 cm³/mol. The van der Waals surface area contributed by atoms with Crippen LogP contribution in [0.1, 0.15) is 47.8 Å². The summed E-state index contributed by atoms with van der Waals surface area (Å²) in [4.78, 5) is 30.9. The largest absolute Gasteiger partial charge is 0.496 e. The Morgan fingerprint density at radius 3 is 2.77 bits per heavy atom. The Morgan fingerprint density at radius 1 is 1.19 bits per heavy atom. The average Bonchev–Trinajstić information content (AvgIpc) is 3.36. The van der Waals surface area contributed by atoms with Crippen LogP contribution in [-0.4, -0.2) is 40.9 Å². The fourth-order valence-corrected chi connectivity index (χ4v) is 5.23. The first kappa shape index (κ1) is 19.6. The van der Waals surface area contributed by atoms with Gasteiger partial charge < -0.3 is 19.9 Å². The number of carbonyl (C=O) groups is 2. The van der Waals surface area contributed by atoms with Crippen molar-refractivity contribution in [3.8, 4) is 5.75 Å². The summed E-state index contributed by atoms with van der Waals surface area (Å²) in [6.07, 6.45) is 2.56. The van der Waals surface area contributed by atoms with Gasteiger partial charge in [-0.2, -0.15) is 0 Å². The number of fused-ring (bicyclic) bond motifs is 1. The predicted octanol–water partition coefficient (Wildman–Crippen LogP) is 3.94. The molecule has 2 fully saturated rings. The molecule has 2 amide bonds. The van der Waals surface area contributed by atoms with E-state index in [4.69, 9.17) is 4.74 Å². The zero-order valence-corrected chi connectivity index (χ0v) is 17.3. The molecule has 0 aliphatic carbocycles. The van der Waals surface area contributed by atoms with Crippen LogP contribution >= 0.6 is 0 Å². The minimum absolute atomic E-state index is 0.0222. The molecule has 2 N–H and O–H groups in total. The van der Waals surface area contributed by atoms with Crippen LogP contribution in [0.25, 0.3) is 10.9 Å². The molecule has 5 rings (SSSR count). The lowest BCUT2D eigenvalue weighted by molar-refractivity contribution is -0.120. The smallest absolute Gasteiger partial charge is 0.270 e. The third-order valence-electron chi connectivity index (χ3n) is 6.54. The normalized spacial score (nSPS) is 23.4. The molecule has 0 radical (unpaired) electrons. The van der Waals surface area contributed by atoms with Gasteiger partial charge in [-0.3, -0.25) is 9.59 Å². The number of nitrogens with one attached hydrogen (secondary N) is 2. The molecular weight excluding hydrogens is 397 g/mol. The second kappa shape index (κ2) is 7.41. The van der Waals surface area contributed by atoms with Crippen molar-refractivity contribution in [3.05, 3.63) is 65.6 Å². The number of carbonyl (C=O) groups excluding carboxylic acids is 2. The minimum atomic E-state index is -0.581. The van der Waals surface area contributed by atoms with Crippen LogP contribution in [0.2, 0.25) is 0 Å². The molecule has 1 spiro atoms. The lowest BCUT2D eigenvalue weighted by Gasteiger charge is -2.48. The first-order valence-electron chi connectivity index (χ1n) is 10.5. The highest BCUT2D eigenvalue weighted by atomic mass is 19.1. The van der Waals surface area contributed by atoms with Crippen molar-refractivity contribution in [1.82, 2.24) is 15.2 Å². The van der Waals surface area contributed by atoms with E-state index in [0.29, 0.717) is 36.4 Å². The number of amides is 2. The van der Waals surface area contributed by atoms with E-state index in [2.05, 4.69) is 10.3 Å². The van der Waals surface area contributed by atoms with Crippen molar-refractivity contribution in [2.75, 3.05) is 13.7 Å². The molecule has 160 valence electrons. The van der Waals surface area contributed by atoms with E-state index in [1.54, 1.807) is 24.1 Å². The molecule has 7 heteroatoms. The summed E-state index contributed by atoms with van der Waals surface area (Å²) in [5.74, 6) is 0.136. The molecule has 0 bridgehead atoms. The van der Waals surface area contributed by atoms with Crippen LogP contribution < -0.4 is 10.1 Å². The fraction of sp³-hybridized carbons (Fsp3) is 0.333. The van der Waals surface area contributed by atoms with E-state index in [0.717, 1.165) is 23.7 Å². The number of ether oxygens (including phenoxy) is 1. The SMILES string of the molecule is COc1cccc2[nH]c(C(=O)N3CCC[C@]4(CCC(=O)N4)[C@H]3c3cccc(F)c3)cc12. The van der Waals surface area contributed by atoms with Gasteiger partial charge in [0.05, 0.1) is 18.7 Å². The summed E-state index contributed by atoms with van der Waals surface area (Å²) < 4.78 is 19.6. The van der Waals surface area contributed by atoms with Crippen LogP contribution in [0.4, 0.5) is 4.39 Å². The molecule has 2 aliphatic rings. The highest BCUT2D eigenvalue weighted by molar-refractivity contribution is 6.00. The Labute approximate surface area is 179 Å². The van der Waals surface area contributed by atoms with Crippen LogP contribution in [-0.2, 0) is 4.79 Å². The number of aromatic amines is 1. The quantitative estimate of drug-likeness (QED) is 0.673. The van der Waals surface area contributed by atoms with E-state index in [-0.39, 0.29) is 17.6 Å². The number of aromatic nitrogens is 1. The molecule has 2 atom stereocenters. The molecule has 31 heavy (non-hydrogen) atoms. The topological polar surface area (TPSA) is 74.4 Å². The summed E-state index contributed by atoms with van der Waals surface area (Å²) in [5, 5.41) is 3.96. The average molecular weight is 421 g/mol. The molecule has 1 aromatic heterocycles. The number of hydrogen-bond acceptors (Lipinski definition) is 3. The number of rotatable bonds is 3. The van der Waals surface area contributed by atoms with Crippen molar-refractivity contribution in [2.45, 2.75) is 37.3 Å². The third-order valence-corrected chi connectivity index (χ3v) is 6.54. The van der Waals surface area contributed by atoms with E-state index in [1.165, 1.54) is 12.1 Å². The van der Waals surface area contributed by atoms with Gasteiger partial charge in [0.25, 0.3) is 5.91 Å². The Morgan fingerprint density at radius 2 is 2.03 bits per heavy atom. The molecule has 2 saturated heterocycles. The zero-order valence-electron chi connectivity index (χ0n) is 17.3. The molecule has 0 saturated carbocycles. The van der Waals surface area contributed by atoms with Crippen LogP contribution in [0.5, 0.6) is 5.75 Å². The standard InChI is InChI=1S/C24H24FN3O3/c1-31-20-8-3-7-18-17(20)14-19(26-18)23(30)28-12-4-10-24(11-9-21(29)27-24)22(28)15-5-2-6-16(25)13-15/h2-3,5-8,13-14,22,26H,4,9-12H2,1H3,(H,27,29)/t22-,24+/m1/s1. The summed E-state index contributed by atoms with van der Waals surface area (Å²) in [5.41, 5.74) is 1.37. The third kappa shape index (κ3) is 3.24. The Kier molecular flexibility index (Phi) is 4.68. The van der Waals surface area contributed by atoms with Gasteiger partial charge in [-0.05, 0) is 55.2 Å². The van der Waals surface area contributed by atoms with Crippen molar-refractivity contribution in [2.24, 2.45) is 0 Å². The van der Waals surface area contributed by atoms with E-state index >= 15 is 0 Å². The Hall–Kier alpha value is -3.35. The Bertz CT molecular complexity index is 1170. The van der Waals surface area contributed by atoms with Crippen molar-refractivity contribution in [1.29, 1.82) is 0 Å². The van der Waals surface area contributed by atoms with Gasteiger partial charge in [-0.15, -0.1) is 0 Å². The van der Waals surface area contributed by atoms with Crippen molar-refractivity contribution >= 4 is 22.7 Å². The summed E-state index contributed by atoms with van der Waals surface area (Å²) in [6.45, 7) is 0.532. The minimum Gasteiger partial charge on any atom is -0.496 e. The molecule has 0 unspecified atom stereocenters. The number of piperidine rings is 1. The lowest BCUT2D eigenvalue weighted by atomic mass is 9.76. The number of nitrogens with zero attached hydrogens (tertiary/aromatic N) is 1. The molecule has 3 heterocycles. The van der Waals surface area contributed by atoms with Crippen LogP contribution in [0.3, 0.4) is 0 Å². The van der Waals surface area contributed by atoms with E-state index in [9.17, 15) is 14.0 Å². The molecule has 3 aromatic rings. The highest BCUT2D eigenvalue weighted by Gasteiger charge is 2.51. The number of hydrogen-bond donors (Lipinski definition) is 2. The monoisotopic (exact) mass is 421 g/mol. The van der Waals surface area contributed by atoms with Gasteiger partial charge in [-0.1, -0.05) is 18.2 Å². The van der Waals surface area contributed by atoms with Gasteiger partial charge in [0.1, 0.15) is 17.3 Å². The Balaban J connectivity index is 1.59. The van der Waals surface area contributed by atoms with Crippen LogP contribution in [0, 0.1) is 5.82 Å². The second-order valence-corrected chi connectivity index (χ2v) is 8.37. The highest BCUT2D eigenvalue weighted by Crippen LogP contribution is 2.45. The number of likely N-dealkylation sites (tertiary alicyclic amines) is 1. The summed E-state index contributed by atoms with van der Waals surface area (Å²) in [6, 6.07) is 13.3. The maximum Gasteiger partial charge on any atom is 0.270 e. The maximum absolute atomic E-state index is 14.1. The molecule has 2 aromatic carbocycles. The van der Waals surface area contributed by atoms with Gasteiger partial charge in [0, 0.05) is 23.9 Å². The molecule has 2 aliphatic heterocycles. The summed E-state index contributed by atoms with van der Waals surface area (Å²) >= 11 is 0. The maximum atomic E-state index is 14.1. The van der Waals surface area contributed by atoms with Crippen molar-refractivity contribution < 1.29 is 18.7 Å². The van der Waals surface area contributed by atoms with Gasteiger partial charge in [0.2, 0.25) is 5.91 Å². The van der Waals surface area contributed by atoms with Crippen molar-refractivity contribution in [3.63, 3.8) is 0 Å². The number of methoxy groups -OCH3 is 1. The molecule has 6 nitrogen and oxygen atoms in total. The van der Waals surface area contributed by atoms with Crippen LogP contribution in [0.15, 0.2) is 48.5 Å². The number of H-pyrrole nitrogens is 1. The van der Waals surface area contributed by atoms with E-state index in [1.807, 2.05) is 24.3 Å². The number of halogens is 1.